The number of halogens is 3. The van der Waals surface area contributed by atoms with Crippen LogP contribution in [0.1, 0.15) is 24.8 Å². The van der Waals surface area contributed by atoms with Gasteiger partial charge in [0.1, 0.15) is 5.82 Å². The van der Waals surface area contributed by atoms with Gasteiger partial charge < -0.3 is 10.6 Å². The molecular weight excluding hydrogens is 352 g/mol. The van der Waals surface area contributed by atoms with Crippen LogP contribution in [0.2, 0.25) is 0 Å². The van der Waals surface area contributed by atoms with Crippen LogP contribution in [0, 0.1) is 11.7 Å². The second kappa shape index (κ2) is 12.5. The lowest BCUT2D eigenvalue weighted by Crippen LogP contribution is -2.43. The average Bonchev–Trinajstić information content (AvgIpc) is 2.52. The Morgan fingerprint density at radius 3 is 2.83 bits per heavy atom. The Balaban J connectivity index is 0.00000264. The number of nitrogens with one attached hydrogen (secondary N) is 2. The van der Waals surface area contributed by atoms with E-state index in [0.29, 0.717) is 6.54 Å². The summed E-state index contributed by atoms with van der Waals surface area (Å²) in [4.78, 5) is 14.4. The molecule has 1 aliphatic heterocycles. The van der Waals surface area contributed by atoms with Crippen LogP contribution in [0.4, 0.5) is 4.39 Å². The fourth-order valence-corrected chi connectivity index (χ4v) is 2.93. The van der Waals surface area contributed by atoms with E-state index in [1.54, 1.807) is 12.1 Å². The van der Waals surface area contributed by atoms with Gasteiger partial charge in [0.25, 0.3) is 0 Å². The third-order valence-corrected chi connectivity index (χ3v) is 4.07. The zero-order chi connectivity index (χ0) is 15.8. The smallest absolute Gasteiger partial charge is 0.224 e. The molecule has 0 aromatic heterocycles. The van der Waals surface area contributed by atoms with E-state index < -0.39 is 0 Å². The van der Waals surface area contributed by atoms with Gasteiger partial charge in [0.2, 0.25) is 5.91 Å². The van der Waals surface area contributed by atoms with E-state index in [1.165, 1.54) is 6.07 Å². The van der Waals surface area contributed by atoms with E-state index in [4.69, 9.17) is 0 Å². The van der Waals surface area contributed by atoms with Crippen molar-refractivity contribution in [3.8, 4) is 0 Å². The van der Waals surface area contributed by atoms with Crippen LogP contribution in [0.3, 0.4) is 0 Å². The van der Waals surface area contributed by atoms with Crippen LogP contribution in [0.15, 0.2) is 24.3 Å². The van der Waals surface area contributed by atoms with Crippen molar-refractivity contribution in [2.45, 2.75) is 25.8 Å². The summed E-state index contributed by atoms with van der Waals surface area (Å²) in [5.41, 5.74) is 0.968. The zero-order valence-electron chi connectivity index (χ0n) is 14.1. The molecule has 1 aliphatic rings. The molecule has 1 amide bonds. The van der Waals surface area contributed by atoms with E-state index in [9.17, 15) is 9.18 Å². The molecule has 0 bridgehead atoms. The molecule has 1 aromatic rings. The van der Waals surface area contributed by atoms with Crippen molar-refractivity contribution in [1.29, 1.82) is 0 Å². The highest BCUT2D eigenvalue weighted by atomic mass is 35.5. The normalized spacial score (nSPS) is 17.5. The number of hydrogen-bond donors (Lipinski definition) is 2. The molecule has 0 saturated carbocycles. The third-order valence-electron chi connectivity index (χ3n) is 4.07. The van der Waals surface area contributed by atoms with E-state index in [2.05, 4.69) is 15.5 Å². The van der Waals surface area contributed by atoms with Gasteiger partial charge in [-0.25, -0.2) is 4.39 Å². The first-order valence-electron chi connectivity index (χ1n) is 8.08. The van der Waals surface area contributed by atoms with Crippen molar-refractivity contribution >= 4 is 30.7 Å². The van der Waals surface area contributed by atoms with Crippen LogP contribution in [0.5, 0.6) is 0 Å². The molecule has 2 N–H and O–H groups in total. The van der Waals surface area contributed by atoms with Gasteiger partial charge in [-0.15, -0.1) is 24.8 Å². The fraction of sp³-hybridized carbons (Fsp3) is 0.588. The van der Waals surface area contributed by atoms with E-state index in [1.807, 2.05) is 13.1 Å². The Kier molecular flexibility index (Phi) is 12.0. The van der Waals surface area contributed by atoms with E-state index >= 15 is 0 Å². The fourth-order valence-electron chi connectivity index (χ4n) is 2.93. The number of likely N-dealkylation sites (tertiary alicyclic amines) is 1. The first kappa shape index (κ1) is 23.1. The molecule has 4 nitrogen and oxygen atoms in total. The summed E-state index contributed by atoms with van der Waals surface area (Å²) in [6, 6.07) is 6.70. The maximum atomic E-state index is 13.2. The van der Waals surface area contributed by atoms with Crippen LogP contribution >= 0.6 is 24.8 Å². The van der Waals surface area contributed by atoms with Gasteiger partial charge in [0.05, 0.1) is 5.92 Å². The predicted octanol–water partition coefficient (Wildman–Crippen LogP) is 2.61. The average molecular weight is 380 g/mol. The van der Waals surface area contributed by atoms with Crippen molar-refractivity contribution < 1.29 is 9.18 Å². The number of nitrogens with zero attached hydrogens (tertiary/aromatic N) is 1. The third kappa shape index (κ3) is 7.79. The van der Waals surface area contributed by atoms with Crippen LogP contribution in [-0.4, -0.2) is 44.0 Å². The molecule has 1 unspecified atom stereocenters. The molecule has 2 rings (SSSR count). The quantitative estimate of drug-likeness (QED) is 0.715. The topological polar surface area (TPSA) is 44.4 Å². The molecule has 1 heterocycles. The van der Waals surface area contributed by atoms with Crippen LogP contribution in [0.25, 0.3) is 0 Å². The van der Waals surface area contributed by atoms with Gasteiger partial charge in [-0.3, -0.25) is 9.69 Å². The molecule has 138 valence electrons. The Morgan fingerprint density at radius 1 is 1.33 bits per heavy atom. The number of benzene rings is 1. The molecule has 7 heteroatoms. The van der Waals surface area contributed by atoms with Gasteiger partial charge in [-0.2, -0.15) is 0 Å². The number of carbonyl (C=O) groups is 1. The standard InChI is InChI=1S/C17H26FN3O.2ClH/c1-19-8-4-9-20-17(22)15-6-3-10-21(13-15)12-14-5-2-7-16(18)11-14;;/h2,5,7,11,15,19H,3-4,6,8-10,12-13H2,1H3,(H,20,22);2*1H. The summed E-state index contributed by atoms with van der Waals surface area (Å²) in [6.45, 7) is 4.08. The minimum atomic E-state index is -0.201. The molecule has 0 spiro atoms. The zero-order valence-corrected chi connectivity index (χ0v) is 15.7. The minimum Gasteiger partial charge on any atom is -0.356 e. The van der Waals surface area contributed by atoms with Crippen molar-refractivity contribution in [3.05, 3.63) is 35.6 Å². The second-order valence-electron chi connectivity index (χ2n) is 5.95. The molecule has 1 atom stereocenters. The molecular formula is C17H28Cl2FN3O. The summed E-state index contributed by atoms with van der Waals surface area (Å²) in [7, 11) is 1.91. The maximum absolute atomic E-state index is 13.2. The van der Waals surface area contributed by atoms with Gasteiger partial charge >= 0.3 is 0 Å². The highest BCUT2D eigenvalue weighted by Gasteiger charge is 2.25. The van der Waals surface area contributed by atoms with Crippen molar-refractivity contribution in [2.24, 2.45) is 5.92 Å². The number of piperidine rings is 1. The summed E-state index contributed by atoms with van der Waals surface area (Å²) in [6.07, 6.45) is 2.91. The molecule has 0 radical (unpaired) electrons. The van der Waals surface area contributed by atoms with Gasteiger partial charge in [-0.1, -0.05) is 12.1 Å². The maximum Gasteiger partial charge on any atom is 0.224 e. The van der Waals surface area contributed by atoms with Crippen LogP contribution in [-0.2, 0) is 11.3 Å². The largest absolute Gasteiger partial charge is 0.356 e. The van der Waals surface area contributed by atoms with Gasteiger partial charge in [0.15, 0.2) is 0 Å². The van der Waals surface area contributed by atoms with E-state index in [-0.39, 0.29) is 42.5 Å². The van der Waals surface area contributed by atoms with Crippen molar-refractivity contribution in [3.63, 3.8) is 0 Å². The lowest BCUT2D eigenvalue weighted by atomic mass is 9.96. The summed E-state index contributed by atoms with van der Waals surface area (Å²) in [5.74, 6) is 0.00489. The number of carbonyl (C=O) groups excluding carboxylic acids is 1. The summed E-state index contributed by atoms with van der Waals surface area (Å²) < 4.78 is 13.2. The minimum absolute atomic E-state index is 0. The molecule has 24 heavy (non-hydrogen) atoms. The Morgan fingerprint density at radius 2 is 2.12 bits per heavy atom. The highest BCUT2D eigenvalue weighted by molar-refractivity contribution is 5.85. The molecule has 0 aliphatic carbocycles. The van der Waals surface area contributed by atoms with E-state index in [0.717, 1.165) is 51.0 Å². The predicted molar refractivity (Wildman–Crippen MR) is 100 cm³/mol. The molecule has 1 aromatic carbocycles. The van der Waals surface area contributed by atoms with Gasteiger partial charge in [-0.05, 0) is 57.1 Å². The van der Waals surface area contributed by atoms with Crippen LogP contribution < -0.4 is 10.6 Å². The first-order chi connectivity index (χ1) is 10.7. The lowest BCUT2D eigenvalue weighted by molar-refractivity contribution is -0.126. The first-order valence-corrected chi connectivity index (χ1v) is 8.08. The van der Waals surface area contributed by atoms with Crippen molar-refractivity contribution in [1.82, 2.24) is 15.5 Å². The number of hydrogen-bond acceptors (Lipinski definition) is 3. The second-order valence-corrected chi connectivity index (χ2v) is 5.95. The Hall–Kier alpha value is -0.880. The Labute approximate surface area is 156 Å². The summed E-state index contributed by atoms with van der Waals surface area (Å²) in [5, 5.41) is 6.08. The van der Waals surface area contributed by atoms with Crippen molar-refractivity contribution in [2.75, 3.05) is 33.2 Å². The molecule has 1 fully saturated rings. The summed E-state index contributed by atoms with van der Waals surface area (Å²) >= 11 is 0. The van der Waals surface area contributed by atoms with Gasteiger partial charge in [0, 0.05) is 19.6 Å². The molecule has 1 saturated heterocycles. The highest BCUT2D eigenvalue weighted by Crippen LogP contribution is 2.19. The Bertz CT molecular complexity index is 491. The SMILES string of the molecule is CNCCCNC(=O)C1CCCN(Cc2cccc(F)c2)C1.Cl.Cl. The monoisotopic (exact) mass is 379 g/mol. The number of amides is 1. The number of rotatable bonds is 7. The lowest BCUT2D eigenvalue weighted by Gasteiger charge is -2.32.